The van der Waals surface area contributed by atoms with E-state index in [-0.39, 0.29) is 0 Å². The third-order valence-electron chi connectivity index (χ3n) is 2.81. The molecular weight excluding hydrogens is 238 g/mol. The lowest BCUT2D eigenvalue weighted by molar-refractivity contribution is 0.956. The average molecular weight is 257 g/mol. The highest BCUT2D eigenvalue weighted by atomic mass is 15.1. The summed E-state index contributed by atoms with van der Waals surface area (Å²) in [5.41, 5.74) is 2.17. The summed E-state index contributed by atoms with van der Waals surface area (Å²) in [6, 6.07) is 3.96. The van der Waals surface area contributed by atoms with Gasteiger partial charge in [0.2, 0.25) is 0 Å². The van der Waals surface area contributed by atoms with Gasteiger partial charge in [-0.05, 0) is 25.0 Å². The molecule has 0 aliphatic carbocycles. The summed E-state index contributed by atoms with van der Waals surface area (Å²) in [6.45, 7) is 5.77. The van der Waals surface area contributed by atoms with Crippen molar-refractivity contribution in [1.29, 1.82) is 0 Å². The van der Waals surface area contributed by atoms with Crippen LogP contribution in [0.4, 0.5) is 11.6 Å². The molecule has 5 heteroatoms. The van der Waals surface area contributed by atoms with Crippen molar-refractivity contribution in [2.45, 2.75) is 26.8 Å². The van der Waals surface area contributed by atoms with E-state index in [1.54, 1.807) is 12.5 Å². The number of rotatable bonds is 6. The minimum Gasteiger partial charge on any atom is -0.370 e. The van der Waals surface area contributed by atoms with Crippen LogP contribution in [0.5, 0.6) is 0 Å². The Bertz CT molecular complexity index is 512. The zero-order valence-corrected chi connectivity index (χ0v) is 11.3. The highest BCUT2D eigenvalue weighted by molar-refractivity contribution is 5.56. The van der Waals surface area contributed by atoms with Crippen LogP contribution in [0, 0.1) is 6.92 Å². The average Bonchev–Trinajstić information content (AvgIpc) is 2.46. The molecule has 2 N–H and O–H groups in total. The summed E-state index contributed by atoms with van der Waals surface area (Å²) in [5.74, 6) is 1.75. The monoisotopic (exact) mass is 257 g/mol. The van der Waals surface area contributed by atoms with Gasteiger partial charge in [-0.3, -0.25) is 4.98 Å². The van der Waals surface area contributed by atoms with Crippen LogP contribution in [-0.2, 0) is 6.54 Å². The summed E-state index contributed by atoms with van der Waals surface area (Å²) >= 11 is 0. The van der Waals surface area contributed by atoms with E-state index >= 15 is 0 Å². The van der Waals surface area contributed by atoms with Gasteiger partial charge >= 0.3 is 0 Å². The van der Waals surface area contributed by atoms with Crippen LogP contribution in [0.3, 0.4) is 0 Å². The first-order chi connectivity index (χ1) is 9.31. The van der Waals surface area contributed by atoms with Crippen LogP contribution in [0.1, 0.15) is 24.5 Å². The van der Waals surface area contributed by atoms with E-state index in [1.807, 2.05) is 25.3 Å². The van der Waals surface area contributed by atoms with E-state index in [0.717, 1.165) is 35.7 Å². The summed E-state index contributed by atoms with van der Waals surface area (Å²) in [7, 11) is 0. The SMILES string of the molecule is CCCNc1ncnc(NCc2cccnc2)c1C. The molecule has 0 atom stereocenters. The van der Waals surface area contributed by atoms with E-state index in [9.17, 15) is 0 Å². The molecule has 0 amide bonds. The van der Waals surface area contributed by atoms with Crippen LogP contribution < -0.4 is 10.6 Å². The number of hydrogen-bond donors (Lipinski definition) is 2. The Morgan fingerprint density at radius 2 is 1.95 bits per heavy atom. The molecule has 2 aromatic heterocycles. The van der Waals surface area contributed by atoms with Crippen molar-refractivity contribution in [1.82, 2.24) is 15.0 Å². The van der Waals surface area contributed by atoms with Gasteiger partial charge in [0.25, 0.3) is 0 Å². The molecule has 0 bridgehead atoms. The molecular formula is C14H19N5. The molecule has 100 valence electrons. The lowest BCUT2D eigenvalue weighted by atomic mass is 10.2. The molecule has 0 aliphatic rings. The van der Waals surface area contributed by atoms with Gasteiger partial charge in [0.05, 0.1) is 0 Å². The van der Waals surface area contributed by atoms with Crippen LogP contribution >= 0.6 is 0 Å². The van der Waals surface area contributed by atoms with Crippen molar-refractivity contribution < 1.29 is 0 Å². The van der Waals surface area contributed by atoms with E-state index in [0.29, 0.717) is 6.54 Å². The summed E-state index contributed by atoms with van der Waals surface area (Å²) < 4.78 is 0. The lowest BCUT2D eigenvalue weighted by Gasteiger charge is -2.12. The van der Waals surface area contributed by atoms with Crippen molar-refractivity contribution >= 4 is 11.6 Å². The Kier molecular flexibility index (Phi) is 4.66. The third-order valence-corrected chi connectivity index (χ3v) is 2.81. The van der Waals surface area contributed by atoms with Crippen molar-refractivity contribution in [3.63, 3.8) is 0 Å². The largest absolute Gasteiger partial charge is 0.370 e. The van der Waals surface area contributed by atoms with Gasteiger partial charge in [0, 0.05) is 31.0 Å². The Labute approximate surface area is 113 Å². The normalized spacial score (nSPS) is 10.2. The lowest BCUT2D eigenvalue weighted by Crippen LogP contribution is -2.09. The number of nitrogens with one attached hydrogen (secondary N) is 2. The minimum atomic E-state index is 0.707. The summed E-state index contributed by atoms with van der Waals surface area (Å²) in [6.07, 6.45) is 6.27. The molecule has 0 aromatic carbocycles. The maximum absolute atomic E-state index is 4.28. The van der Waals surface area contributed by atoms with Gasteiger partial charge < -0.3 is 10.6 Å². The minimum absolute atomic E-state index is 0.707. The Morgan fingerprint density at radius 1 is 1.16 bits per heavy atom. The van der Waals surface area contributed by atoms with Gasteiger partial charge in [-0.15, -0.1) is 0 Å². The highest BCUT2D eigenvalue weighted by Crippen LogP contribution is 2.18. The fraction of sp³-hybridized carbons (Fsp3) is 0.357. The second-order valence-corrected chi connectivity index (χ2v) is 4.34. The zero-order chi connectivity index (χ0) is 13.5. The van der Waals surface area contributed by atoms with Crippen LogP contribution in [0.15, 0.2) is 30.9 Å². The maximum atomic E-state index is 4.28. The summed E-state index contributed by atoms with van der Waals surface area (Å²) in [4.78, 5) is 12.6. The second kappa shape index (κ2) is 6.68. The first-order valence-corrected chi connectivity index (χ1v) is 6.49. The number of nitrogens with zero attached hydrogens (tertiary/aromatic N) is 3. The molecule has 0 unspecified atom stereocenters. The third kappa shape index (κ3) is 3.64. The van der Waals surface area contributed by atoms with Crippen LogP contribution in [0.2, 0.25) is 0 Å². The number of anilines is 2. The molecule has 0 saturated carbocycles. The van der Waals surface area contributed by atoms with E-state index in [1.165, 1.54) is 0 Å². The maximum Gasteiger partial charge on any atom is 0.134 e. The molecule has 0 saturated heterocycles. The Balaban J connectivity index is 2.04. The standard InChI is InChI=1S/C14H19N5/c1-3-6-16-13-11(2)14(19-10-18-13)17-9-12-5-4-7-15-8-12/h4-5,7-8,10H,3,6,9H2,1-2H3,(H2,16,17,18,19). The second-order valence-electron chi connectivity index (χ2n) is 4.34. The van der Waals surface area contributed by atoms with Gasteiger partial charge in [-0.1, -0.05) is 13.0 Å². The number of hydrogen-bond acceptors (Lipinski definition) is 5. The Hall–Kier alpha value is -2.17. The van der Waals surface area contributed by atoms with Crippen LogP contribution in [-0.4, -0.2) is 21.5 Å². The van der Waals surface area contributed by atoms with Crippen molar-refractivity contribution in [3.05, 3.63) is 42.0 Å². The quantitative estimate of drug-likeness (QED) is 0.833. The number of aromatic nitrogens is 3. The topological polar surface area (TPSA) is 62.7 Å². The predicted molar refractivity (Wildman–Crippen MR) is 77.1 cm³/mol. The molecule has 2 rings (SSSR count). The molecule has 19 heavy (non-hydrogen) atoms. The first-order valence-electron chi connectivity index (χ1n) is 6.49. The van der Waals surface area contributed by atoms with Gasteiger partial charge in [0.15, 0.2) is 0 Å². The highest BCUT2D eigenvalue weighted by Gasteiger charge is 2.05. The fourth-order valence-electron chi connectivity index (χ4n) is 1.74. The van der Waals surface area contributed by atoms with Gasteiger partial charge in [0.1, 0.15) is 18.0 Å². The van der Waals surface area contributed by atoms with E-state index < -0.39 is 0 Å². The van der Waals surface area contributed by atoms with E-state index in [2.05, 4.69) is 32.5 Å². The van der Waals surface area contributed by atoms with Crippen molar-refractivity contribution in [3.8, 4) is 0 Å². The van der Waals surface area contributed by atoms with Crippen molar-refractivity contribution in [2.24, 2.45) is 0 Å². The number of pyridine rings is 1. The molecule has 0 aliphatic heterocycles. The smallest absolute Gasteiger partial charge is 0.134 e. The Morgan fingerprint density at radius 3 is 2.63 bits per heavy atom. The van der Waals surface area contributed by atoms with E-state index in [4.69, 9.17) is 0 Å². The molecule has 0 fully saturated rings. The first kappa shape index (κ1) is 13.3. The summed E-state index contributed by atoms with van der Waals surface area (Å²) in [5, 5.41) is 6.61. The molecule has 5 nitrogen and oxygen atoms in total. The molecule has 0 spiro atoms. The molecule has 2 heterocycles. The molecule has 2 aromatic rings. The zero-order valence-electron chi connectivity index (χ0n) is 11.3. The molecule has 0 radical (unpaired) electrons. The fourth-order valence-corrected chi connectivity index (χ4v) is 1.74. The van der Waals surface area contributed by atoms with Gasteiger partial charge in [-0.25, -0.2) is 9.97 Å². The van der Waals surface area contributed by atoms with Crippen LogP contribution in [0.25, 0.3) is 0 Å². The van der Waals surface area contributed by atoms with Gasteiger partial charge in [-0.2, -0.15) is 0 Å². The van der Waals surface area contributed by atoms with Crippen molar-refractivity contribution in [2.75, 3.05) is 17.2 Å². The predicted octanol–water partition coefficient (Wildman–Crippen LogP) is 2.61.